The third-order valence-electron chi connectivity index (χ3n) is 3.88. The highest BCUT2D eigenvalue weighted by molar-refractivity contribution is 6.08. The van der Waals surface area contributed by atoms with Crippen LogP contribution < -0.4 is 0 Å². The largest absolute Gasteiger partial charge is 0.464 e. The molecule has 0 radical (unpaired) electrons. The first kappa shape index (κ1) is 19.3. The molecule has 2 aromatic rings. The van der Waals surface area contributed by atoms with Crippen molar-refractivity contribution in [3.8, 4) is 0 Å². The smallest absolute Gasteiger partial charge is 0.339 e. The van der Waals surface area contributed by atoms with Crippen molar-refractivity contribution in [3.63, 3.8) is 0 Å². The first-order chi connectivity index (χ1) is 12.3. The van der Waals surface area contributed by atoms with Crippen LogP contribution in [0.15, 0.2) is 36.5 Å². The van der Waals surface area contributed by atoms with Gasteiger partial charge in [0.2, 0.25) is 5.78 Å². The first-order valence-corrected chi connectivity index (χ1v) is 8.15. The number of ether oxygens (including phenoxy) is 1. The summed E-state index contributed by atoms with van der Waals surface area (Å²) in [6.07, 6.45) is 1.57. The Morgan fingerprint density at radius 3 is 2.54 bits per heavy atom. The van der Waals surface area contributed by atoms with Gasteiger partial charge < -0.3 is 14.4 Å². The number of aliphatic hydroxyl groups is 1. The highest BCUT2D eigenvalue weighted by Gasteiger charge is 2.23. The number of aryl methyl sites for hydroxylation is 1. The molecule has 1 heterocycles. The van der Waals surface area contributed by atoms with Gasteiger partial charge in [0, 0.05) is 36.5 Å². The summed E-state index contributed by atoms with van der Waals surface area (Å²) >= 11 is 0. The molecule has 0 fully saturated rings. The number of hydrogen-bond donors (Lipinski definition) is 1. The molecular weight excluding hydrogens is 340 g/mol. The molecule has 0 saturated carbocycles. The van der Waals surface area contributed by atoms with Crippen LogP contribution in [0.4, 0.5) is 5.69 Å². The number of non-ortho nitro benzene ring substituents is 1. The van der Waals surface area contributed by atoms with Crippen LogP contribution in [-0.4, -0.2) is 33.0 Å². The molecule has 0 unspecified atom stereocenters. The Kier molecular flexibility index (Phi) is 6.24. The number of carbonyl (C=O) groups is 2. The number of nitrogens with zero attached hydrogens (tertiary/aromatic N) is 2. The first-order valence-electron chi connectivity index (χ1n) is 8.15. The molecule has 0 aliphatic rings. The molecule has 0 saturated heterocycles. The fourth-order valence-corrected chi connectivity index (χ4v) is 2.38. The standard InChI is InChI=1S/C18H20N2O6/c1-3-4-9-26-18(23)17(22)13-10-15(19(2)11-13)16(21)12-5-7-14(8-6-12)20(24)25/h5-8,10-11,17,22H,3-4,9H2,1-2H3/t17-/m1/s1. The second-order valence-corrected chi connectivity index (χ2v) is 5.83. The topological polar surface area (TPSA) is 112 Å². The van der Waals surface area contributed by atoms with Gasteiger partial charge in [-0.05, 0) is 24.6 Å². The Morgan fingerprint density at radius 1 is 1.31 bits per heavy atom. The number of aromatic nitrogens is 1. The van der Waals surface area contributed by atoms with Gasteiger partial charge in [0.15, 0.2) is 6.10 Å². The summed E-state index contributed by atoms with van der Waals surface area (Å²) in [5.74, 6) is -1.14. The zero-order valence-corrected chi connectivity index (χ0v) is 14.5. The minimum atomic E-state index is -1.48. The molecule has 8 heteroatoms. The Labute approximate surface area is 150 Å². The van der Waals surface area contributed by atoms with Crippen LogP contribution in [0.25, 0.3) is 0 Å². The molecular formula is C18H20N2O6. The van der Waals surface area contributed by atoms with Crippen molar-refractivity contribution >= 4 is 17.4 Å². The van der Waals surface area contributed by atoms with Crippen molar-refractivity contribution in [3.05, 3.63) is 63.5 Å². The number of aliphatic hydroxyl groups excluding tert-OH is 1. The van der Waals surface area contributed by atoms with Crippen molar-refractivity contribution < 1.29 is 24.4 Å². The molecule has 1 atom stereocenters. The maximum absolute atomic E-state index is 12.6. The molecule has 0 amide bonds. The fourth-order valence-electron chi connectivity index (χ4n) is 2.38. The average Bonchev–Trinajstić information content (AvgIpc) is 3.02. The highest BCUT2D eigenvalue weighted by Crippen LogP contribution is 2.21. The minimum absolute atomic E-state index is 0.112. The van der Waals surface area contributed by atoms with Crippen LogP contribution in [0.3, 0.4) is 0 Å². The summed E-state index contributed by atoms with van der Waals surface area (Å²) in [7, 11) is 1.61. The van der Waals surface area contributed by atoms with E-state index in [-0.39, 0.29) is 34.9 Å². The SMILES string of the molecule is CCCCOC(=O)[C@H](O)c1cc(C(=O)c2ccc([N+](=O)[O-])cc2)n(C)c1. The molecule has 0 bridgehead atoms. The number of esters is 1. The molecule has 26 heavy (non-hydrogen) atoms. The number of rotatable bonds is 8. The summed E-state index contributed by atoms with van der Waals surface area (Å²) in [6, 6.07) is 6.63. The zero-order chi connectivity index (χ0) is 19.3. The van der Waals surface area contributed by atoms with E-state index in [4.69, 9.17) is 4.74 Å². The van der Waals surface area contributed by atoms with Crippen LogP contribution in [-0.2, 0) is 16.6 Å². The molecule has 0 spiro atoms. The Bertz CT molecular complexity index is 810. The lowest BCUT2D eigenvalue weighted by molar-refractivity contribution is -0.384. The third kappa shape index (κ3) is 4.34. The quantitative estimate of drug-likeness (QED) is 0.255. The lowest BCUT2D eigenvalue weighted by atomic mass is 10.1. The van der Waals surface area contributed by atoms with Crippen LogP contribution in [0.1, 0.15) is 47.5 Å². The molecule has 2 rings (SSSR count). The molecule has 0 aliphatic carbocycles. The van der Waals surface area contributed by atoms with E-state index in [0.717, 1.165) is 6.42 Å². The van der Waals surface area contributed by atoms with E-state index in [2.05, 4.69) is 0 Å². The van der Waals surface area contributed by atoms with E-state index in [1.807, 2.05) is 6.92 Å². The third-order valence-corrected chi connectivity index (χ3v) is 3.88. The van der Waals surface area contributed by atoms with Gasteiger partial charge in [-0.1, -0.05) is 13.3 Å². The number of carbonyl (C=O) groups excluding carboxylic acids is 2. The summed E-state index contributed by atoms with van der Waals surface area (Å²) < 4.78 is 6.47. The second-order valence-electron chi connectivity index (χ2n) is 5.83. The van der Waals surface area contributed by atoms with Gasteiger partial charge in [-0.15, -0.1) is 0 Å². The molecule has 138 valence electrons. The second kappa shape index (κ2) is 8.39. The average molecular weight is 360 g/mol. The highest BCUT2D eigenvalue weighted by atomic mass is 16.6. The van der Waals surface area contributed by atoms with Crippen molar-refractivity contribution in [2.75, 3.05) is 6.61 Å². The Morgan fingerprint density at radius 2 is 1.96 bits per heavy atom. The van der Waals surface area contributed by atoms with E-state index in [1.54, 1.807) is 7.05 Å². The molecule has 8 nitrogen and oxygen atoms in total. The Hall–Kier alpha value is -3.00. The van der Waals surface area contributed by atoms with Crippen LogP contribution >= 0.6 is 0 Å². The molecule has 1 aromatic carbocycles. The number of nitro benzene ring substituents is 1. The van der Waals surface area contributed by atoms with E-state index in [1.165, 1.54) is 41.1 Å². The summed E-state index contributed by atoms with van der Waals surface area (Å²) in [6.45, 7) is 2.19. The van der Waals surface area contributed by atoms with Gasteiger partial charge in [0.25, 0.3) is 5.69 Å². The molecule has 1 N–H and O–H groups in total. The van der Waals surface area contributed by atoms with E-state index in [9.17, 15) is 24.8 Å². The van der Waals surface area contributed by atoms with Gasteiger partial charge in [-0.2, -0.15) is 0 Å². The minimum Gasteiger partial charge on any atom is -0.464 e. The molecule has 0 aliphatic heterocycles. The van der Waals surface area contributed by atoms with E-state index in [0.29, 0.717) is 6.42 Å². The van der Waals surface area contributed by atoms with Crippen molar-refractivity contribution in [1.82, 2.24) is 4.57 Å². The van der Waals surface area contributed by atoms with E-state index >= 15 is 0 Å². The molecule has 1 aromatic heterocycles. The number of ketones is 1. The summed E-state index contributed by atoms with van der Waals surface area (Å²) in [5, 5.41) is 20.8. The maximum atomic E-state index is 12.6. The number of nitro groups is 1. The van der Waals surface area contributed by atoms with Crippen molar-refractivity contribution in [1.29, 1.82) is 0 Å². The maximum Gasteiger partial charge on any atom is 0.339 e. The van der Waals surface area contributed by atoms with Gasteiger partial charge in [0.05, 0.1) is 17.2 Å². The van der Waals surface area contributed by atoms with Crippen LogP contribution in [0, 0.1) is 10.1 Å². The van der Waals surface area contributed by atoms with Gasteiger partial charge in [0.1, 0.15) is 0 Å². The van der Waals surface area contributed by atoms with E-state index < -0.39 is 17.0 Å². The predicted molar refractivity (Wildman–Crippen MR) is 92.8 cm³/mol. The van der Waals surface area contributed by atoms with Crippen molar-refractivity contribution in [2.45, 2.75) is 25.9 Å². The summed E-state index contributed by atoms with van der Waals surface area (Å²) in [5.41, 5.74) is 0.649. The lowest BCUT2D eigenvalue weighted by Gasteiger charge is -2.08. The summed E-state index contributed by atoms with van der Waals surface area (Å²) in [4.78, 5) is 34.6. The number of unbranched alkanes of at least 4 members (excludes halogenated alkanes) is 1. The van der Waals surface area contributed by atoms with Crippen LogP contribution in [0.2, 0.25) is 0 Å². The fraction of sp³-hybridized carbons (Fsp3) is 0.333. The van der Waals surface area contributed by atoms with Gasteiger partial charge >= 0.3 is 5.97 Å². The van der Waals surface area contributed by atoms with Crippen LogP contribution in [0.5, 0.6) is 0 Å². The predicted octanol–water partition coefficient (Wildman–Crippen LogP) is 2.54. The zero-order valence-electron chi connectivity index (χ0n) is 14.5. The Balaban J connectivity index is 2.17. The number of benzene rings is 1. The lowest BCUT2D eigenvalue weighted by Crippen LogP contribution is -2.15. The normalized spacial score (nSPS) is 11.8. The monoisotopic (exact) mass is 360 g/mol. The van der Waals surface area contributed by atoms with Crippen molar-refractivity contribution in [2.24, 2.45) is 7.05 Å². The van der Waals surface area contributed by atoms with Gasteiger partial charge in [-0.25, -0.2) is 4.79 Å². The van der Waals surface area contributed by atoms with Gasteiger partial charge in [-0.3, -0.25) is 14.9 Å². The number of hydrogen-bond acceptors (Lipinski definition) is 6.